The molecule has 1 heterocycles. The lowest BCUT2D eigenvalue weighted by molar-refractivity contribution is -0.384. The molecule has 0 radical (unpaired) electrons. The standard InChI is InChI=1S/C21H21N3O6/c25-13-17-11-18(24(28)29)7-8-19(17)30-14-20(26)22-12-15-3-5-16(6-4-15)21(27)23-9-1-2-10-23/h3-8,11,13H,1-2,9-10,12,14H2,(H,22,26). The summed E-state index contributed by atoms with van der Waals surface area (Å²) in [7, 11) is 0. The molecule has 2 amide bonds. The minimum absolute atomic E-state index is 0.00439. The van der Waals surface area contributed by atoms with Gasteiger partial charge < -0.3 is 15.0 Å². The van der Waals surface area contributed by atoms with Gasteiger partial charge in [-0.05, 0) is 36.6 Å². The first kappa shape index (κ1) is 21.0. The normalized spacial score (nSPS) is 13.0. The zero-order valence-electron chi connectivity index (χ0n) is 16.2. The van der Waals surface area contributed by atoms with Gasteiger partial charge in [-0.15, -0.1) is 0 Å². The molecule has 0 spiro atoms. The monoisotopic (exact) mass is 411 g/mol. The highest BCUT2D eigenvalue weighted by atomic mass is 16.6. The summed E-state index contributed by atoms with van der Waals surface area (Å²) in [5, 5.41) is 13.4. The van der Waals surface area contributed by atoms with Gasteiger partial charge in [0.15, 0.2) is 12.9 Å². The summed E-state index contributed by atoms with van der Waals surface area (Å²) < 4.78 is 5.30. The van der Waals surface area contributed by atoms with Crippen LogP contribution in [0.25, 0.3) is 0 Å². The zero-order chi connectivity index (χ0) is 21.5. The smallest absolute Gasteiger partial charge is 0.270 e. The summed E-state index contributed by atoms with van der Waals surface area (Å²) in [6.07, 6.45) is 2.50. The van der Waals surface area contributed by atoms with E-state index < -0.39 is 10.8 Å². The van der Waals surface area contributed by atoms with Crippen LogP contribution in [-0.2, 0) is 11.3 Å². The second kappa shape index (κ2) is 9.64. The Balaban J connectivity index is 1.49. The lowest BCUT2D eigenvalue weighted by Crippen LogP contribution is -2.29. The Morgan fingerprint density at radius 2 is 1.83 bits per heavy atom. The Labute approximate surface area is 172 Å². The maximum atomic E-state index is 12.3. The van der Waals surface area contributed by atoms with E-state index in [0.717, 1.165) is 37.6 Å². The number of ether oxygens (including phenoxy) is 1. The minimum Gasteiger partial charge on any atom is -0.483 e. The first-order valence-electron chi connectivity index (χ1n) is 9.49. The third kappa shape index (κ3) is 5.19. The number of carbonyl (C=O) groups is 3. The van der Waals surface area contributed by atoms with Crippen molar-refractivity contribution in [2.75, 3.05) is 19.7 Å². The van der Waals surface area contributed by atoms with Crippen LogP contribution in [0.5, 0.6) is 5.75 Å². The van der Waals surface area contributed by atoms with Crippen LogP contribution < -0.4 is 10.1 Å². The molecule has 1 aliphatic heterocycles. The Kier molecular flexibility index (Phi) is 6.74. The number of rotatable bonds is 8. The van der Waals surface area contributed by atoms with Crippen LogP contribution in [0, 0.1) is 10.1 Å². The molecule has 2 aromatic carbocycles. The maximum Gasteiger partial charge on any atom is 0.270 e. The molecule has 0 aromatic heterocycles. The summed E-state index contributed by atoms with van der Waals surface area (Å²) >= 11 is 0. The fourth-order valence-corrected chi connectivity index (χ4v) is 3.14. The summed E-state index contributed by atoms with van der Waals surface area (Å²) in [6.45, 7) is 1.49. The van der Waals surface area contributed by atoms with Crippen molar-refractivity contribution in [2.24, 2.45) is 0 Å². The van der Waals surface area contributed by atoms with Crippen LogP contribution in [0.1, 0.15) is 39.1 Å². The fourth-order valence-electron chi connectivity index (χ4n) is 3.14. The van der Waals surface area contributed by atoms with Crippen molar-refractivity contribution in [2.45, 2.75) is 19.4 Å². The summed E-state index contributed by atoms with van der Waals surface area (Å²) in [4.78, 5) is 47.4. The van der Waals surface area contributed by atoms with Gasteiger partial charge in [0.1, 0.15) is 5.75 Å². The first-order valence-corrected chi connectivity index (χ1v) is 9.49. The van der Waals surface area contributed by atoms with Gasteiger partial charge in [-0.25, -0.2) is 0 Å². The molecule has 3 rings (SSSR count). The molecular weight excluding hydrogens is 390 g/mol. The highest BCUT2D eigenvalue weighted by Crippen LogP contribution is 2.22. The van der Waals surface area contributed by atoms with Crippen molar-refractivity contribution in [1.82, 2.24) is 10.2 Å². The van der Waals surface area contributed by atoms with E-state index in [9.17, 15) is 24.5 Å². The van der Waals surface area contributed by atoms with Crippen molar-refractivity contribution in [3.63, 3.8) is 0 Å². The maximum absolute atomic E-state index is 12.3. The molecule has 0 bridgehead atoms. The first-order chi connectivity index (χ1) is 14.5. The molecule has 1 aliphatic rings. The van der Waals surface area contributed by atoms with Crippen LogP contribution in [0.3, 0.4) is 0 Å². The van der Waals surface area contributed by atoms with Crippen molar-refractivity contribution in [1.29, 1.82) is 0 Å². The molecule has 9 nitrogen and oxygen atoms in total. The number of nitro benzene ring substituents is 1. The number of nitrogens with zero attached hydrogens (tertiary/aromatic N) is 2. The number of amides is 2. The Hall–Kier alpha value is -3.75. The molecule has 0 saturated carbocycles. The molecule has 30 heavy (non-hydrogen) atoms. The average molecular weight is 411 g/mol. The van der Waals surface area contributed by atoms with Gasteiger partial charge in [0.2, 0.25) is 0 Å². The zero-order valence-corrected chi connectivity index (χ0v) is 16.2. The predicted molar refractivity (Wildman–Crippen MR) is 107 cm³/mol. The largest absolute Gasteiger partial charge is 0.483 e. The van der Waals surface area contributed by atoms with E-state index in [-0.39, 0.29) is 36.1 Å². The number of carbonyl (C=O) groups excluding carboxylic acids is 3. The lowest BCUT2D eigenvalue weighted by atomic mass is 10.1. The SMILES string of the molecule is O=Cc1cc([N+](=O)[O-])ccc1OCC(=O)NCc1ccc(C(=O)N2CCCC2)cc1. The highest BCUT2D eigenvalue weighted by Gasteiger charge is 2.19. The van der Waals surface area contributed by atoms with Crippen LogP contribution >= 0.6 is 0 Å². The minimum atomic E-state index is -0.618. The highest BCUT2D eigenvalue weighted by molar-refractivity contribution is 5.94. The molecule has 0 aliphatic carbocycles. The van der Waals surface area contributed by atoms with Crippen LogP contribution in [0.2, 0.25) is 0 Å². The Bertz CT molecular complexity index is 952. The number of likely N-dealkylation sites (tertiary alicyclic amines) is 1. The lowest BCUT2D eigenvalue weighted by Gasteiger charge is -2.15. The Morgan fingerprint density at radius 3 is 2.47 bits per heavy atom. The van der Waals surface area contributed by atoms with Gasteiger partial charge >= 0.3 is 0 Å². The fraction of sp³-hybridized carbons (Fsp3) is 0.286. The van der Waals surface area contributed by atoms with E-state index >= 15 is 0 Å². The van der Waals surface area contributed by atoms with Crippen molar-refractivity contribution < 1.29 is 24.0 Å². The Morgan fingerprint density at radius 1 is 1.13 bits per heavy atom. The topological polar surface area (TPSA) is 119 Å². The molecule has 1 saturated heterocycles. The van der Waals surface area contributed by atoms with Gasteiger partial charge in [-0.3, -0.25) is 24.5 Å². The number of hydrogen-bond donors (Lipinski definition) is 1. The number of non-ortho nitro benzene ring substituents is 1. The van der Waals surface area contributed by atoms with E-state index in [1.54, 1.807) is 24.3 Å². The van der Waals surface area contributed by atoms with Gasteiger partial charge in [0.05, 0.1) is 10.5 Å². The van der Waals surface area contributed by atoms with Gasteiger partial charge in [-0.2, -0.15) is 0 Å². The number of nitro groups is 1. The predicted octanol–water partition coefficient (Wildman–Crippen LogP) is 2.34. The molecule has 156 valence electrons. The van der Waals surface area contributed by atoms with E-state index in [2.05, 4.69) is 5.32 Å². The van der Waals surface area contributed by atoms with Crippen molar-refractivity contribution in [3.8, 4) is 5.75 Å². The number of hydrogen-bond acceptors (Lipinski definition) is 6. The summed E-state index contributed by atoms with van der Waals surface area (Å²) in [5.41, 5.74) is 1.20. The van der Waals surface area contributed by atoms with Crippen molar-refractivity contribution >= 4 is 23.8 Å². The molecule has 1 N–H and O–H groups in total. The summed E-state index contributed by atoms with van der Waals surface area (Å²) in [5.74, 6) is -0.302. The van der Waals surface area contributed by atoms with Crippen molar-refractivity contribution in [3.05, 3.63) is 69.3 Å². The van der Waals surface area contributed by atoms with E-state index in [4.69, 9.17) is 4.74 Å². The third-order valence-electron chi connectivity index (χ3n) is 4.77. The third-order valence-corrected chi connectivity index (χ3v) is 4.77. The van der Waals surface area contributed by atoms with E-state index in [1.165, 1.54) is 12.1 Å². The van der Waals surface area contributed by atoms with E-state index in [1.807, 2.05) is 4.90 Å². The molecule has 2 aromatic rings. The van der Waals surface area contributed by atoms with Gasteiger partial charge in [0, 0.05) is 37.3 Å². The van der Waals surface area contributed by atoms with Crippen LogP contribution in [0.15, 0.2) is 42.5 Å². The molecule has 0 unspecified atom stereocenters. The second-order valence-corrected chi connectivity index (χ2v) is 6.86. The number of benzene rings is 2. The summed E-state index contributed by atoms with van der Waals surface area (Å²) in [6, 6.07) is 10.6. The number of nitrogens with one attached hydrogen (secondary N) is 1. The van der Waals surface area contributed by atoms with Gasteiger partial charge in [0.25, 0.3) is 17.5 Å². The quantitative estimate of drug-likeness (QED) is 0.405. The van der Waals surface area contributed by atoms with Crippen LogP contribution in [-0.4, -0.2) is 47.6 Å². The van der Waals surface area contributed by atoms with E-state index in [0.29, 0.717) is 11.8 Å². The molecule has 1 fully saturated rings. The van der Waals surface area contributed by atoms with Crippen LogP contribution in [0.4, 0.5) is 5.69 Å². The molecular formula is C21H21N3O6. The average Bonchev–Trinajstić information content (AvgIpc) is 3.30. The number of aldehydes is 1. The molecule has 9 heteroatoms. The molecule has 0 atom stereocenters. The van der Waals surface area contributed by atoms with Gasteiger partial charge in [-0.1, -0.05) is 12.1 Å². The second-order valence-electron chi connectivity index (χ2n) is 6.86.